The summed E-state index contributed by atoms with van der Waals surface area (Å²) in [5, 5.41) is 6.35. The first-order chi connectivity index (χ1) is 10.0. The van der Waals surface area contributed by atoms with Crippen LogP contribution < -0.4 is 15.4 Å². The molecule has 3 N–H and O–H groups in total. The molecular weight excluding hydrogens is 335 g/mol. The Labute approximate surface area is 134 Å². The van der Waals surface area contributed by atoms with E-state index in [1.807, 2.05) is 0 Å². The number of hydrogen-bond donors (Lipinski definition) is 3. The van der Waals surface area contributed by atoms with Gasteiger partial charge in [-0.3, -0.25) is 4.99 Å². The number of rotatable bonds is 5. The highest BCUT2D eigenvalue weighted by Crippen LogP contribution is 2.28. The van der Waals surface area contributed by atoms with Crippen molar-refractivity contribution in [1.29, 1.82) is 0 Å². The molecule has 1 aliphatic heterocycles. The summed E-state index contributed by atoms with van der Waals surface area (Å²) >= 11 is 11.7. The van der Waals surface area contributed by atoms with Crippen LogP contribution in [0, 0.1) is 0 Å². The van der Waals surface area contributed by atoms with Crippen LogP contribution in [0.3, 0.4) is 0 Å². The van der Waals surface area contributed by atoms with Crippen LogP contribution in [-0.2, 0) is 10.0 Å². The van der Waals surface area contributed by atoms with Gasteiger partial charge >= 0.3 is 0 Å². The summed E-state index contributed by atoms with van der Waals surface area (Å²) < 4.78 is 26.7. The SMILES string of the molecule is O=S(=O)(NCCNC1=NCCCN1)c1cccc(Cl)c1Cl. The summed E-state index contributed by atoms with van der Waals surface area (Å²) in [5.41, 5.74) is 0. The molecule has 1 aromatic carbocycles. The molecule has 0 radical (unpaired) electrons. The van der Waals surface area contributed by atoms with E-state index in [0.29, 0.717) is 12.5 Å². The van der Waals surface area contributed by atoms with Crippen molar-refractivity contribution in [3.8, 4) is 0 Å². The van der Waals surface area contributed by atoms with Crippen molar-refractivity contribution < 1.29 is 8.42 Å². The Morgan fingerprint density at radius 2 is 2.10 bits per heavy atom. The second-order valence-electron chi connectivity index (χ2n) is 4.39. The quantitative estimate of drug-likeness (QED) is 0.697. The van der Waals surface area contributed by atoms with E-state index in [4.69, 9.17) is 23.2 Å². The van der Waals surface area contributed by atoms with E-state index in [-0.39, 0.29) is 21.5 Å². The predicted octanol–water partition coefficient (Wildman–Crippen LogP) is 1.21. The molecule has 1 aromatic rings. The van der Waals surface area contributed by atoms with Crippen LogP contribution in [-0.4, -0.2) is 40.6 Å². The average Bonchev–Trinajstić information content (AvgIpc) is 2.47. The molecule has 0 atom stereocenters. The van der Waals surface area contributed by atoms with Gasteiger partial charge in [0.25, 0.3) is 0 Å². The van der Waals surface area contributed by atoms with Crippen LogP contribution in [0.4, 0.5) is 0 Å². The average molecular weight is 351 g/mol. The summed E-state index contributed by atoms with van der Waals surface area (Å²) in [5.74, 6) is 0.696. The van der Waals surface area contributed by atoms with E-state index in [0.717, 1.165) is 19.5 Å². The highest BCUT2D eigenvalue weighted by atomic mass is 35.5. The molecule has 1 heterocycles. The van der Waals surface area contributed by atoms with Gasteiger partial charge in [0.1, 0.15) is 4.90 Å². The van der Waals surface area contributed by atoms with Gasteiger partial charge in [-0.25, -0.2) is 13.1 Å². The van der Waals surface area contributed by atoms with Crippen molar-refractivity contribution >= 4 is 39.2 Å². The highest BCUT2D eigenvalue weighted by molar-refractivity contribution is 7.89. The third-order valence-electron chi connectivity index (χ3n) is 2.81. The van der Waals surface area contributed by atoms with Gasteiger partial charge in [0, 0.05) is 26.2 Å². The first-order valence-corrected chi connectivity index (χ1v) is 8.70. The van der Waals surface area contributed by atoms with Crippen molar-refractivity contribution in [1.82, 2.24) is 15.4 Å². The van der Waals surface area contributed by atoms with Gasteiger partial charge in [0.2, 0.25) is 10.0 Å². The van der Waals surface area contributed by atoms with Gasteiger partial charge in [-0.05, 0) is 18.6 Å². The lowest BCUT2D eigenvalue weighted by molar-refractivity contribution is 0.580. The summed E-state index contributed by atoms with van der Waals surface area (Å²) in [6, 6.07) is 4.50. The lowest BCUT2D eigenvalue weighted by Crippen LogP contribution is -2.43. The molecule has 0 bridgehead atoms. The normalized spacial score (nSPS) is 15.2. The Morgan fingerprint density at radius 1 is 1.29 bits per heavy atom. The van der Waals surface area contributed by atoms with Crippen molar-refractivity contribution in [3.05, 3.63) is 28.2 Å². The molecule has 0 fully saturated rings. The predicted molar refractivity (Wildman–Crippen MR) is 84.6 cm³/mol. The van der Waals surface area contributed by atoms with E-state index in [1.54, 1.807) is 6.07 Å². The molecule has 0 aromatic heterocycles. The zero-order valence-electron chi connectivity index (χ0n) is 11.2. The first kappa shape index (κ1) is 16.4. The molecule has 0 aliphatic carbocycles. The fraction of sp³-hybridized carbons (Fsp3) is 0.417. The maximum absolute atomic E-state index is 12.1. The van der Waals surface area contributed by atoms with E-state index in [9.17, 15) is 8.42 Å². The van der Waals surface area contributed by atoms with Crippen molar-refractivity contribution in [2.75, 3.05) is 26.2 Å². The highest BCUT2D eigenvalue weighted by Gasteiger charge is 2.18. The van der Waals surface area contributed by atoms with Crippen LogP contribution in [0.15, 0.2) is 28.1 Å². The number of aliphatic imine (C=N–C) groups is 1. The van der Waals surface area contributed by atoms with Crippen LogP contribution in [0.2, 0.25) is 10.0 Å². The summed E-state index contributed by atoms with van der Waals surface area (Å²) in [7, 11) is -3.68. The minimum absolute atomic E-state index is 0.0233. The molecule has 6 nitrogen and oxygen atoms in total. The second-order valence-corrected chi connectivity index (χ2v) is 6.91. The Hall–Kier alpha value is -1.02. The molecule has 1 aliphatic rings. The second kappa shape index (κ2) is 7.31. The van der Waals surface area contributed by atoms with Crippen molar-refractivity contribution in [2.24, 2.45) is 4.99 Å². The molecule has 2 rings (SSSR count). The molecule has 9 heteroatoms. The molecule has 21 heavy (non-hydrogen) atoms. The first-order valence-electron chi connectivity index (χ1n) is 6.46. The Morgan fingerprint density at radius 3 is 2.81 bits per heavy atom. The van der Waals surface area contributed by atoms with Crippen LogP contribution in [0.5, 0.6) is 0 Å². The fourth-order valence-corrected chi connectivity index (χ4v) is 3.58. The van der Waals surface area contributed by atoms with E-state index in [2.05, 4.69) is 20.3 Å². The molecular formula is C12H16Cl2N4O2S. The van der Waals surface area contributed by atoms with Gasteiger partial charge < -0.3 is 10.6 Å². The lowest BCUT2D eigenvalue weighted by Gasteiger charge is -2.16. The topological polar surface area (TPSA) is 82.6 Å². The van der Waals surface area contributed by atoms with E-state index < -0.39 is 10.0 Å². The molecule has 0 amide bonds. The maximum Gasteiger partial charge on any atom is 0.242 e. The molecule has 0 saturated heterocycles. The van der Waals surface area contributed by atoms with Gasteiger partial charge in [0.05, 0.1) is 10.0 Å². The van der Waals surface area contributed by atoms with Gasteiger partial charge in [0.15, 0.2) is 5.96 Å². The number of guanidine groups is 1. The number of sulfonamides is 1. The summed E-state index contributed by atoms with van der Waals surface area (Å²) in [6.07, 6.45) is 1.01. The third-order valence-corrected chi connectivity index (χ3v) is 5.25. The number of nitrogens with zero attached hydrogens (tertiary/aromatic N) is 1. The smallest absolute Gasteiger partial charge is 0.242 e. The summed E-state index contributed by atoms with van der Waals surface area (Å²) in [4.78, 5) is 4.20. The van der Waals surface area contributed by atoms with Gasteiger partial charge in [-0.2, -0.15) is 0 Å². The monoisotopic (exact) mass is 350 g/mol. The van der Waals surface area contributed by atoms with Gasteiger partial charge in [-0.15, -0.1) is 0 Å². The standard InChI is InChI=1S/C12H16Cl2N4O2S/c13-9-3-1-4-10(11(9)14)21(19,20)18-8-7-17-12-15-5-2-6-16-12/h1,3-4,18H,2,5-8H2,(H2,15,16,17). The molecule has 0 unspecified atom stereocenters. The maximum atomic E-state index is 12.1. The van der Waals surface area contributed by atoms with E-state index >= 15 is 0 Å². The number of hydrogen-bond acceptors (Lipinski definition) is 5. The molecule has 0 spiro atoms. The zero-order valence-corrected chi connectivity index (χ0v) is 13.5. The molecule has 116 valence electrons. The lowest BCUT2D eigenvalue weighted by atomic mass is 10.4. The minimum Gasteiger partial charge on any atom is -0.356 e. The van der Waals surface area contributed by atoms with Crippen molar-refractivity contribution in [2.45, 2.75) is 11.3 Å². The molecule has 0 saturated carbocycles. The number of benzene rings is 1. The minimum atomic E-state index is -3.68. The summed E-state index contributed by atoms with van der Waals surface area (Å²) in [6.45, 7) is 2.28. The fourth-order valence-electron chi connectivity index (χ4n) is 1.79. The van der Waals surface area contributed by atoms with Crippen LogP contribution in [0.1, 0.15) is 6.42 Å². The Kier molecular flexibility index (Phi) is 5.69. The largest absolute Gasteiger partial charge is 0.356 e. The Bertz CT molecular complexity index is 634. The Balaban J connectivity index is 1.89. The zero-order chi connectivity index (χ0) is 15.3. The van der Waals surface area contributed by atoms with Gasteiger partial charge in [-0.1, -0.05) is 29.3 Å². The number of halogens is 2. The number of nitrogens with one attached hydrogen (secondary N) is 3. The van der Waals surface area contributed by atoms with Crippen LogP contribution >= 0.6 is 23.2 Å². The third kappa shape index (κ3) is 4.47. The van der Waals surface area contributed by atoms with E-state index in [1.165, 1.54) is 12.1 Å². The van der Waals surface area contributed by atoms with Crippen LogP contribution in [0.25, 0.3) is 0 Å². The van der Waals surface area contributed by atoms with Crippen molar-refractivity contribution in [3.63, 3.8) is 0 Å².